The number of aromatic nitrogens is 1. The van der Waals surface area contributed by atoms with E-state index < -0.39 is 0 Å². The summed E-state index contributed by atoms with van der Waals surface area (Å²) in [6.45, 7) is 7.67. The third-order valence-corrected chi connectivity index (χ3v) is 2.98. The van der Waals surface area contributed by atoms with Crippen molar-refractivity contribution in [3.05, 3.63) is 23.9 Å². The Balaban J connectivity index is 2.06. The number of hydrogen-bond donors (Lipinski definition) is 0. The molecule has 1 fully saturated rings. The highest BCUT2D eigenvalue weighted by Gasteiger charge is 2.26. The quantitative estimate of drug-likeness (QED) is 0.834. The van der Waals surface area contributed by atoms with Crippen molar-refractivity contribution in [2.45, 2.75) is 33.0 Å². The molecule has 0 aromatic carbocycles. The molecule has 2 atom stereocenters. The fourth-order valence-electron chi connectivity index (χ4n) is 2.27. The molecule has 2 unspecified atom stereocenters. The van der Waals surface area contributed by atoms with Crippen LogP contribution in [0.4, 0.5) is 0 Å². The highest BCUT2D eigenvalue weighted by Crippen LogP contribution is 2.15. The van der Waals surface area contributed by atoms with Crippen molar-refractivity contribution in [2.24, 2.45) is 0 Å². The zero-order valence-corrected chi connectivity index (χ0v) is 11.6. The summed E-state index contributed by atoms with van der Waals surface area (Å²) in [7, 11) is 0. The van der Waals surface area contributed by atoms with Crippen LogP contribution in [0.25, 0.3) is 0 Å². The van der Waals surface area contributed by atoms with Crippen molar-refractivity contribution in [1.29, 1.82) is 0 Å². The minimum atomic E-state index is -0.00227. The first kappa shape index (κ1) is 13.8. The molecule has 1 aliphatic rings. The average Bonchev–Trinajstić information content (AvgIpc) is 2.38. The summed E-state index contributed by atoms with van der Waals surface area (Å²) in [4.78, 5) is 18.3. The van der Waals surface area contributed by atoms with Crippen LogP contribution in [0, 0.1) is 0 Å². The lowest BCUT2D eigenvalue weighted by Gasteiger charge is -2.35. The number of morpholine rings is 1. The Labute approximate surface area is 113 Å². The Bertz CT molecular complexity index is 423. The minimum Gasteiger partial charge on any atom is -0.478 e. The standard InChI is InChI=1S/C14H20N2O3/c1-4-18-13-6-5-12(7-15-13)14(17)16-8-10(2)19-11(3)9-16/h5-7,10-11H,4,8-9H2,1-3H3. The van der Waals surface area contributed by atoms with Crippen LogP contribution < -0.4 is 4.74 Å². The molecule has 5 nitrogen and oxygen atoms in total. The van der Waals surface area contributed by atoms with E-state index in [0.29, 0.717) is 31.1 Å². The highest BCUT2D eigenvalue weighted by molar-refractivity contribution is 5.94. The topological polar surface area (TPSA) is 51.7 Å². The van der Waals surface area contributed by atoms with E-state index >= 15 is 0 Å². The number of rotatable bonds is 3. The fourth-order valence-corrected chi connectivity index (χ4v) is 2.27. The van der Waals surface area contributed by atoms with Crippen LogP contribution in [-0.2, 0) is 4.74 Å². The zero-order chi connectivity index (χ0) is 13.8. The lowest BCUT2D eigenvalue weighted by molar-refractivity contribution is -0.0586. The molecule has 1 aromatic rings. The van der Waals surface area contributed by atoms with Gasteiger partial charge in [0.2, 0.25) is 5.88 Å². The fraction of sp³-hybridized carbons (Fsp3) is 0.571. The second-order valence-corrected chi connectivity index (χ2v) is 4.79. The molecular formula is C14H20N2O3. The van der Waals surface area contributed by atoms with E-state index in [1.807, 2.05) is 25.7 Å². The van der Waals surface area contributed by atoms with Crippen LogP contribution in [0.2, 0.25) is 0 Å². The molecule has 1 aromatic heterocycles. The van der Waals surface area contributed by atoms with Crippen LogP contribution in [-0.4, -0.2) is 47.7 Å². The van der Waals surface area contributed by atoms with Crippen molar-refractivity contribution in [2.75, 3.05) is 19.7 Å². The van der Waals surface area contributed by atoms with Gasteiger partial charge in [-0.25, -0.2) is 4.98 Å². The van der Waals surface area contributed by atoms with Gasteiger partial charge in [0.25, 0.3) is 5.91 Å². The highest BCUT2D eigenvalue weighted by atomic mass is 16.5. The van der Waals surface area contributed by atoms with Gasteiger partial charge >= 0.3 is 0 Å². The molecule has 0 radical (unpaired) electrons. The lowest BCUT2D eigenvalue weighted by Crippen LogP contribution is -2.48. The van der Waals surface area contributed by atoms with Crippen LogP contribution in [0.1, 0.15) is 31.1 Å². The van der Waals surface area contributed by atoms with E-state index in [1.54, 1.807) is 18.3 Å². The lowest BCUT2D eigenvalue weighted by atomic mass is 10.2. The van der Waals surface area contributed by atoms with Crippen LogP contribution in [0.3, 0.4) is 0 Å². The summed E-state index contributed by atoms with van der Waals surface area (Å²) in [5.74, 6) is 0.542. The van der Waals surface area contributed by atoms with Gasteiger partial charge in [0, 0.05) is 25.4 Å². The summed E-state index contributed by atoms with van der Waals surface area (Å²) >= 11 is 0. The molecule has 104 valence electrons. The SMILES string of the molecule is CCOc1ccc(C(=O)N2CC(C)OC(C)C2)cn1. The van der Waals surface area contributed by atoms with Crippen molar-refractivity contribution in [3.8, 4) is 5.88 Å². The van der Waals surface area contributed by atoms with E-state index in [-0.39, 0.29) is 18.1 Å². The summed E-state index contributed by atoms with van der Waals surface area (Å²) in [5, 5.41) is 0. The first-order valence-electron chi connectivity index (χ1n) is 6.63. The predicted molar refractivity (Wildman–Crippen MR) is 71.3 cm³/mol. The smallest absolute Gasteiger partial charge is 0.255 e. The largest absolute Gasteiger partial charge is 0.478 e. The third kappa shape index (κ3) is 3.44. The van der Waals surface area contributed by atoms with Gasteiger partial charge in [0.05, 0.1) is 24.4 Å². The molecule has 0 aliphatic carbocycles. The molecule has 5 heteroatoms. The third-order valence-electron chi connectivity index (χ3n) is 2.98. The predicted octanol–water partition coefficient (Wildman–Crippen LogP) is 1.73. The number of carbonyl (C=O) groups excluding carboxylic acids is 1. The van der Waals surface area contributed by atoms with Crippen LogP contribution in [0.5, 0.6) is 5.88 Å². The molecule has 0 bridgehead atoms. The number of pyridine rings is 1. The van der Waals surface area contributed by atoms with Crippen molar-refractivity contribution in [3.63, 3.8) is 0 Å². The van der Waals surface area contributed by atoms with Gasteiger partial charge in [-0.15, -0.1) is 0 Å². The van der Waals surface area contributed by atoms with Crippen molar-refractivity contribution < 1.29 is 14.3 Å². The molecule has 1 amide bonds. The number of carbonyl (C=O) groups is 1. The van der Waals surface area contributed by atoms with E-state index in [2.05, 4.69) is 4.98 Å². The van der Waals surface area contributed by atoms with Gasteiger partial charge in [-0.2, -0.15) is 0 Å². The van der Waals surface area contributed by atoms with Crippen LogP contribution >= 0.6 is 0 Å². The van der Waals surface area contributed by atoms with E-state index in [9.17, 15) is 4.79 Å². The zero-order valence-electron chi connectivity index (χ0n) is 11.6. The normalized spacial score (nSPS) is 23.2. The van der Waals surface area contributed by atoms with Crippen LogP contribution in [0.15, 0.2) is 18.3 Å². The van der Waals surface area contributed by atoms with Gasteiger partial charge in [0.15, 0.2) is 0 Å². The van der Waals surface area contributed by atoms with Gasteiger partial charge in [-0.05, 0) is 26.8 Å². The molecule has 0 spiro atoms. The summed E-state index contributed by atoms with van der Waals surface area (Å²) in [6, 6.07) is 3.48. The molecule has 2 rings (SSSR count). The molecule has 1 aliphatic heterocycles. The molecule has 19 heavy (non-hydrogen) atoms. The number of ether oxygens (including phenoxy) is 2. The summed E-state index contributed by atoms with van der Waals surface area (Å²) in [6.07, 6.45) is 1.71. The van der Waals surface area contributed by atoms with E-state index in [1.165, 1.54) is 0 Å². The van der Waals surface area contributed by atoms with E-state index in [0.717, 1.165) is 0 Å². The maximum Gasteiger partial charge on any atom is 0.255 e. The molecule has 0 saturated carbocycles. The van der Waals surface area contributed by atoms with Gasteiger partial charge < -0.3 is 14.4 Å². The maximum atomic E-state index is 12.3. The maximum absolute atomic E-state index is 12.3. The van der Waals surface area contributed by atoms with Crippen molar-refractivity contribution >= 4 is 5.91 Å². The van der Waals surface area contributed by atoms with Gasteiger partial charge in [0.1, 0.15) is 0 Å². The number of nitrogens with zero attached hydrogens (tertiary/aromatic N) is 2. The molecule has 0 N–H and O–H groups in total. The average molecular weight is 264 g/mol. The summed E-state index contributed by atoms with van der Waals surface area (Å²) in [5.41, 5.74) is 0.588. The monoisotopic (exact) mass is 264 g/mol. The van der Waals surface area contributed by atoms with Crippen molar-refractivity contribution in [1.82, 2.24) is 9.88 Å². The first-order valence-corrected chi connectivity index (χ1v) is 6.63. The summed E-state index contributed by atoms with van der Waals surface area (Å²) < 4.78 is 10.9. The minimum absolute atomic E-state index is 0.00227. The Morgan fingerprint density at radius 2 is 2.11 bits per heavy atom. The second-order valence-electron chi connectivity index (χ2n) is 4.79. The van der Waals surface area contributed by atoms with Gasteiger partial charge in [-0.1, -0.05) is 0 Å². The van der Waals surface area contributed by atoms with E-state index in [4.69, 9.17) is 9.47 Å². The Kier molecular flexibility index (Phi) is 4.37. The molecular weight excluding hydrogens is 244 g/mol. The molecule has 2 heterocycles. The van der Waals surface area contributed by atoms with Gasteiger partial charge in [-0.3, -0.25) is 4.79 Å². The molecule has 1 saturated heterocycles. The Morgan fingerprint density at radius 3 is 2.63 bits per heavy atom. The second kappa shape index (κ2) is 6.02. The first-order chi connectivity index (χ1) is 9.10. The Morgan fingerprint density at radius 1 is 1.42 bits per heavy atom. The number of hydrogen-bond acceptors (Lipinski definition) is 4. The Hall–Kier alpha value is -1.62. The number of amides is 1.